The van der Waals surface area contributed by atoms with Gasteiger partial charge in [0.2, 0.25) is 15.9 Å². The van der Waals surface area contributed by atoms with Crippen LogP contribution in [0.25, 0.3) is 0 Å². The van der Waals surface area contributed by atoms with Crippen molar-refractivity contribution >= 4 is 43.9 Å². The number of nitrogens with one attached hydrogen (secondary N) is 1. The molecule has 1 aromatic heterocycles. The van der Waals surface area contributed by atoms with Gasteiger partial charge in [0.1, 0.15) is 5.00 Å². The third kappa shape index (κ3) is 5.65. The zero-order valence-corrected chi connectivity index (χ0v) is 19.7. The summed E-state index contributed by atoms with van der Waals surface area (Å²) in [6, 6.07) is 7.23. The van der Waals surface area contributed by atoms with Crippen LogP contribution >= 0.6 is 11.3 Å². The first-order valence-corrected chi connectivity index (χ1v) is 12.9. The summed E-state index contributed by atoms with van der Waals surface area (Å²) in [5, 5.41) is 3.38. The molecule has 3 rings (SSSR count). The van der Waals surface area contributed by atoms with E-state index in [2.05, 4.69) is 5.32 Å². The molecule has 0 saturated heterocycles. The first-order chi connectivity index (χ1) is 14.7. The lowest BCUT2D eigenvalue weighted by Crippen LogP contribution is -2.31. The van der Waals surface area contributed by atoms with E-state index < -0.39 is 16.0 Å². The van der Waals surface area contributed by atoms with E-state index in [0.717, 1.165) is 47.9 Å². The van der Waals surface area contributed by atoms with Gasteiger partial charge in [-0.3, -0.25) is 9.10 Å². The first kappa shape index (κ1) is 23.3. The molecule has 9 heteroatoms. The number of amides is 1. The molecule has 7 nitrogen and oxygen atoms in total. The van der Waals surface area contributed by atoms with Crippen LogP contribution < -0.4 is 9.62 Å². The average Bonchev–Trinajstić information content (AvgIpc) is 3.08. The fourth-order valence-electron chi connectivity index (χ4n) is 3.74. The number of methoxy groups -OCH3 is 1. The number of rotatable bonds is 8. The van der Waals surface area contributed by atoms with Gasteiger partial charge in [-0.05, 0) is 56.7 Å². The molecule has 168 valence electrons. The molecule has 1 heterocycles. The van der Waals surface area contributed by atoms with E-state index in [4.69, 9.17) is 4.74 Å². The highest BCUT2D eigenvalue weighted by Crippen LogP contribution is 2.38. The number of fused-ring (bicyclic) bond motifs is 1. The molecular weight excluding hydrogens is 436 g/mol. The number of hydrogen-bond acceptors (Lipinski definition) is 6. The van der Waals surface area contributed by atoms with Crippen molar-refractivity contribution in [3.63, 3.8) is 0 Å². The molecule has 1 N–H and O–H groups in total. The zero-order valence-electron chi connectivity index (χ0n) is 18.1. The fourth-order valence-corrected chi connectivity index (χ4v) is 6.00. The van der Waals surface area contributed by atoms with Crippen LogP contribution in [0.3, 0.4) is 0 Å². The van der Waals surface area contributed by atoms with Crippen LogP contribution in [0.15, 0.2) is 24.3 Å². The van der Waals surface area contributed by atoms with E-state index in [-0.39, 0.29) is 18.9 Å². The SMILES string of the molecule is COC(=O)c1c(NC(=O)CCCN(c2ccc(C)cc2)S(C)(=O)=O)sc2c1CCCC2. The highest BCUT2D eigenvalue weighted by molar-refractivity contribution is 7.92. The van der Waals surface area contributed by atoms with Crippen LogP contribution in [0.2, 0.25) is 0 Å². The van der Waals surface area contributed by atoms with E-state index in [1.165, 1.54) is 22.8 Å². The molecule has 0 fully saturated rings. The molecular formula is C22H28N2O5S2. The summed E-state index contributed by atoms with van der Waals surface area (Å²) >= 11 is 1.44. The summed E-state index contributed by atoms with van der Waals surface area (Å²) in [6.45, 7) is 2.13. The van der Waals surface area contributed by atoms with Crippen LogP contribution in [-0.2, 0) is 32.4 Å². The second-order valence-electron chi connectivity index (χ2n) is 7.73. The molecule has 0 spiro atoms. The summed E-state index contributed by atoms with van der Waals surface area (Å²) in [5.74, 6) is -0.682. The Bertz CT molecular complexity index is 1060. The number of hydrogen-bond donors (Lipinski definition) is 1. The van der Waals surface area contributed by atoms with Crippen LogP contribution in [0.1, 0.15) is 52.0 Å². The maximum Gasteiger partial charge on any atom is 0.341 e. The minimum Gasteiger partial charge on any atom is -0.465 e. The van der Waals surface area contributed by atoms with E-state index in [1.807, 2.05) is 19.1 Å². The molecule has 0 unspecified atom stereocenters. The number of sulfonamides is 1. The molecule has 0 bridgehead atoms. The summed E-state index contributed by atoms with van der Waals surface area (Å²) in [5.41, 5.74) is 3.07. The average molecular weight is 465 g/mol. The topological polar surface area (TPSA) is 92.8 Å². The van der Waals surface area contributed by atoms with E-state index in [1.54, 1.807) is 12.1 Å². The lowest BCUT2D eigenvalue weighted by atomic mass is 9.95. The van der Waals surface area contributed by atoms with Gasteiger partial charge in [0.05, 0.1) is 24.6 Å². The maximum atomic E-state index is 12.6. The number of carbonyl (C=O) groups excluding carboxylic acids is 2. The molecule has 1 aliphatic rings. The maximum absolute atomic E-state index is 12.6. The largest absolute Gasteiger partial charge is 0.465 e. The van der Waals surface area contributed by atoms with E-state index >= 15 is 0 Å². The Kier molecular flexibility index (Phi) is 7.38. The van der Waals surface area contributed by atoms with Gasteiger partial charge in [0.15, 0.2) is 0 Å². The molecule has 0 aliphatic heterocycles. The van der Waals surface area contributed by atoms with Crippen LogP contribution in [0.4, 0.5) is 10.7 Å². The molecule has 1 aliphatic carbocycles. The van der Waals surface area contributed by atoms with E-state index in [0.29, 0.717) is 22.7 Å². The predicted octanol–water partition coefficient (Wildman–Crippen LogP) is 3.91. The van der Waals surface area contributed by atoms with Crippen LogP contribution in [0, 0.1) is 6.92 Å². The van der Waals surface area contributed by atoms with Crippen LogP contribution in [0.5, 0.6) is 0 Å². The van der Waals surface area contributed by atoms with Crippen molar-refractivity contribution in [2.24, 2.45) is 0 Å². The summed E-state index contributed by atoms with van der Waals surface area (Å²) in [4.78, 5) is 26.0. The molecule has 0 saturated carbocycles. The second-order valence-corrected chi connectivity index (χ2v) is 10.7. The zero-order chi connectivity index (χ0) is 22.6. The van der Waals surface area contributed by atoms with Crippen molar-refractivity contribution in [3.8, 4) is 0 Å². The van der Waals surface area contributed by atoms with Gasteiger partial charge in [-0.2, -0.15) is 0 Å². The summed E-state index contributed by atoms with van der Waals surface area (Å²) in [6.07, 6.45) is 5.45. The Morgan fingerprint density at radius 1 is 1.16 bits per heavy atom. The molecule has 1 amide bonds. The van der Waals surface area contributed by atoms with Crippen molar-refractivity contribution in [3.05, 3.63) is 45.8 Å². The molecule has 1 aromatic carbocycles. The van der Waals surface area contributed by atoms with Crippen molar-refractivity contribution in [1.29, 1.82) is 0 Å². The van der Waals surface area contributed by atoms with Crippen molar-refractivity contribution in [1.82, 2.24) is 0 Å². The summed E-state index contributed by atoms with van der Waals surface area (Å²) < 4.78 is 30.7. The number of nitrogens with zero attached hydrogens (tertiary/aromatic N) is 1. The number of anilines is 2. The van der Waals surface area contributed by atoms with Gasteiger partial charge in [-0.25, -0.2) is 13.2 Å². The van der Waals surface area contributed by atoms with Gasteiger partial charge in [-0.1, -0.05) is 17.7 Å². The Morgan fingerprint density at radius 3 is 2.48 bits per heavy atom. The Labute approximate surface area is 187 Å². The first-order valence-electron chi connectivity index (χ1n) is 10.3. The van der Waals surface area contributed by atoms with Crippen molar-refractivity contribution < 1.29 is 22.7 Å². The number of carbonyl (C=O) groups is 2. The van der Waals surface area contributed by atoms with Gasteiger partial charge >= 0.3 is 5.97 Å². The van der Waals surface area contributed by atoms with Crippen LogP contribution in [-0.4, -0.2) is 40.2 Å². The minimum atomic E-state index is -3.47. The lowest BCUT2D eigenvalue weighted by molar-refractivity contribution is -0.116. The number of ether oxygens (including phenoxy) is 1. The Morgan fingerprint density at radius 2 is 1.84 bits per heavy atom. The second kappa shape index (κ2) is 9.82. The van der Waals surface area contributed by atoms with Gasteiger partial charge in [0, 0.05) is 17.8 Å². The minimum absolute atomic E-state index is 0.140. The number of aryl methyl sites for hydroxylation is 2. The lowest BCUT2D eigenvalue weighted by Gasteiger charge is -2.22. The van der Waals surface area contributed by atoms with Gasteiger partial charge in [0.25, 0.3) is 0 Å². The Balaban J connectivity index is 1.66. The quantitative estimate of drug-likeness (QED) is 0.598. The number of thiophene rings is 1. The van der Waals surface area contributed by atoms with E-state index in [9.17, 15) is 18.0 Å². The third-order valence-electron chi connectivity index (χ3n) is 5.30. The number of benzene rings is 1. The smallest absolute Gasteiger partial charge is 0.341 e. The highest BCUT2D eigenvalue weighted by atomic mass is 32.2. The molecule has 0 radical (unpaired) electrons. The monoisotopic (exact) mass is 464 g/mol. The highest BCUT2D eigenvalue weighted by Gasteiger charge is 2.27. The van der Waals surface area contributed by atoms with Crippen molar-refractivity contribution in [2.45, 2.75) is 45.4 Å². The third-order valence-corrected chi connectivity index (χ3v) is 7.70. The number of esters is 1. The summed E-state index contributed by atoms with van der Waals surface area (Å²) in [7, 11) is -2.13. The Hall–Kier alpha value is -2.39. The molecule has 0 atom stereocenters. The normalized spacial score (nSPS) is 13.4. The van der Waals surface area contributed by atoms with Gasteiger partial charge in [-0.15, -0.1) is 11.3 Å². The predicted molar refractivity (Wildman–Crippen MR) is 124 cm³/mol. The standard InChI is InChI=1S/C22H28N2O5S2/c1-15-10-12-16(13-11-15)24(31(3,27)28)14-6-9-19(25)23-21-20(22(26)29-2)17-7-4-5-8-18(17)30-21/h10-13H,4-9,14H2,1-3H3,(H,23,25). The molecule has 31 heavy (non-hydrogen) atoms. The fraction of sp³-hybridized carbons (Fsp3) is 0.455. The van der Waals surface area contributed by atoms with Crippen molar-refractivity contribution in [2.75, 3.05) is 29.5 Å². The van der Waals surface area contributed by atoms with Gasteiger partial charge < -0.3 is 10.1 Å². The molecule has 2 aromatic rings.